The van der Waals surface area contributed by atoms with Crippen LogP contribution < -0.4 is 10.6 Å². The molecule has 0 radical (unpaired) electrons. The first kappa shape index (κ1) is 13.5. The van der Waals surface area contributed by atoms with Gasteiger partial charge >= 0.3 is 0 Å². The first-order valence-corrected chi connectivity index (χ1v) is 6.69. The van der Waals surface area contributed by atoms with Gasteiger partial charge in [0.05, 0.1) is 6.54 Å². The van der Waals surface area contributed by atoms with Gasteiger partial charge in [0.2, 0.25) is 5.91 Å². The van der Waals surface area contributed by atoms with Crippen LogP contribution in [0.2, 0.25) is 0 Å². The van der Waals surface area contributed by atoms with Crippen molar-refractivity contribution >= 4 is 5.91 Å². The summed E-state index contributed by atoms with van der Waals surface area (Å²) in [6, 6.07) is 0. The minimum atomic E-state index is 0.131. The minimum Gasteiger partial charge on any atom is -0.355 e. The fourth-order valence-electron chi connectivity index (χ4n) is 2.33. The second-order valence-corrected chi connectivity index (χ2v) is 5.04. The number of carbonyl (C=O) groups excluding carboxylic acids is 1. The Morgan fingerprint density at radius 3 is 2.56 bits per heavy atom. The van der Waals surface area contributed by atoms with Gasteiger partial charge in [0.15, 0.2) is 0 Å². The number of hydrogen-bond acceptors (Lipinski definition) is 2. The summed E-state index contributed by atoms with van der Waals surface area (Å²) in [5, 5.41) is 6.00. The zero-order valence-corrected chi connectivity index (χ0v) is 10.7. The van der Waals surface area contributed by atoms with Crippen LogP contribution in [-0.4, -0.2) is 25.5 Å². The van der Waals surface area contributed by atoms with E-state index in [4.69, 9.17) is 0 Å². The molecule has 0 saturated heterocycles. The maximum absolute atomic E-state index is 11.3. The topological polar surface area (TPSA) is 41.1 Å². The molecule has 16 heavy (non-hydrogen) atoms. The Morgan fingerprint density at radius 1 is 1.25 bits per heavy atom. The molecule has 3 heteroatoms. The Labute approximate surface area is 99.4 Å². The van der Waals surface area contributed by atoms with Crippen molar-refractivity contribution in [3.8, 4) is 0 Å². The molecule has 3 nitrogen and oxygen atoms in total. The highest BCUT2D eigenvalue weighted by molar-refractivity contribution is 5.77. The molecule has 94 valence electrons. The molecular weight excluding hydrogens is 200 g/mol. The van der Waals surface area contributed by atoms with Crippen molar-refractivity contribution in [2.75, 3.05) is 19.6 Å². The quantitative estimate of drug-likeness (QED) is 0.726. The average Bonchev–Trinajstić information content (AvgIpc) is 2.29. The number of carbonyl (C=O) groups is 1. The van der Waals surface area contributed by atoms with E-state index in [1.165, 1.54) is 25.7 Å². The summed E-state index contributed by atoms with van der Waals surface area (Å²) in [4.78, 5) is 11.3. The van der Waals surface area contributed by atoms with Crippen LogP contribution in [0.4, 0.5) is 0 Å². The predicted octanol–water partition coefficient (Wildman–Crippen LogP) is 1.93. The largest absolute Gasteiger partial charge is 0.355 e. The molecular formula is C13H26N2O. The Balaban J connectivity index is 2.00. The van der Waals surface area contributed by atoms with Crippen LogP contribution in [0.1, 0.15) is 46.0 Å². The van der Waals surface area contributed by atoms with Crippen LogP contribution in [0.15, 0.2) is 0 Å². The summed E-state index contributed by atoms with van der Waals surface area (Å²) in [5.41, 5.74) is 0. The van der Waals surface area contributed by atoms with Gasteiger partial charge in [-0.05, 0) is 24.8 Å². The fourth-order valence-corrected chi connectivity index (χ4v) is 2.33. The molecule has 0 aromatic heterocycles. The summed E-state index contributed by atoms with van der Waals surface area (Å²) >= 11 is 0. The number of likely N-dealkylation sites (N-methyl/N-ethyl adjacent to an activating group) is 1. The zero-order chi connectivity index (χ0) is 11.8. The van der Waals surface area contributed by atoms with Crippen LogP contribution in [0.25, 0.3) is 0 Å². The lowest BCUT2D eigenvalue weighted by Crippen LogP contribution is -2.35. The van der Waals surface area contributed by atoms with E-state index in [1.54, 1.807) is 0 Å². The third-order valence-electron chi connectivity index (χ3n) is 3.55. The van der Waals surface area contributed by atoms with Gasteiger partial charge in [-0.15, -0.1) is 0 Å². The van der Waals surface area contributed by atoms with E-state index in [-0.39, 0.29) is 5.91 Å². The number of hydrogen-bond donors (Lipinski definition) is 2. The standard InChI is InChI=1S/C13H26N2O/c1-3-14-10-13(16)15-9-8-12-6-4-11(2)5-7-12/h11-12,14H,3-10H2,1-2H3,(H,15,16). The molecule has 0 heterocycles. The van der Waals surface area contributed by atoms with Gasteiger partial charge in [-0.1, -0.05) is 39.5 Å². The molecule has 0 unspecified atom stereocenters. The molecule has 1 amide bonds. The van der Waals surface area contributed by atoms with Crippen molar-refractivity contribution in [3.05, 3.63) is 0 Å². The van der Waals surface area contributed by atoms with Gasteiger partial charge in [-0.3, -0.25) is 4.79 Å². The molecule has 1 aliphatic rings. The Kier molecular flexibility index (Phi) is 6.46. The molecule has 0 bridgehead atoms. The van der Waals surface area contributed by atoms with Crippen molar-refractivity contribution in [3.63, 3.8) is 0 Å². The number of amides is 1. The second-order valence-electron chi connectivity index (χ2n) is 5.04. The van der Waals surface area contributed by atoms with Crippen LogP contribution in [0.5, 0.6) is 0 Å². The summed E-state index contributed by atoms with van der Waals surface area (Å²) < 4.78 is 0. The molecule has 0 aliphatic heterocycles. The summed E-state index contributed by atoms with van der Waals surface area (Å²) in [5.74, 6) is 1.89. The average molecular weight is 226 g/mol. The van der Waals surface area contributed by atoms with Gasteiger partial charge in [-0.2, -0.15) is 0 Å². The van der Waals surface area contributed by atoms with E-state index >= 15 is 0 Å². The van der Waals surface area contributed by atoms with Gasteiger partial charge in [0.25, 0.3) is 0 Å². The normalized spacial score (nSPS) is 25.4. The van der Waals surface area contributed by atoms with Gasteiger partial charge in [0.1, 0.15) is 0 Å². The Bertz CT molecular complexity index is 198. The SMILES string of the molecule is CCNCC(=O)NCCC1CCC(C)CC1. The van der Waals surface area contributed by atoms with E-state index in [0.29, 0.717) is 6.54 Å². The van der Waals surface area contributed by atoms with Crippen molar-refractivity contribution in [1.82, 2.24) is 10.6 Å². The van der Waals surface area contributed by atoms with Crippen LogP contribution in [0, 0.1) is 11.8 Å². The maximum atomic E-state index is 11.3. The lowest BCUT2D eigenvalue weighted by molar-refractivity contribution is -0.120. The molecule has 1 aliphatic carbocycles. The van der Waals surface area contributed by atoms with E-state index < -0.39 is 0 Å². The third kappa shape index (κ3) is 5.50. The first-order valence-electron chi connectivity index (χ1n) is 6.69. The molecule has 0 spiro atoms. The van der Waals surface area contributed by atoms with E-state index in [2.05, 4.69) is 17.6 Å². The summed E-state index contributed by atoms with van der Waals surface area (Å²) in [7, 11) is 0. The van der Waals surface area contributed by atoms with E-state index in [9.17, 15) is 4.79 Å². The lowest BCUT2D eigenvalue weighted by atomic mass is 9.81. The van der Waals surface area contributed by atoms with Crippen molar-refractivity contribution < 1.29 is 4.79 Å². The second kappa shape index (κ2) is 7.66. The van der Waals surface area contributed by atoms with Crippen molar-refractivity contribution in [2.24, 2.45) is 11.8 Å². The van der Waals surface area contributed by atoms with Gasteiger partial charge in [-0.25, -0.2) is 0 Å². The van der Waals surface area contributed by atoms with Crippen molar-refractivity contribution in [1.29, 1.82) is 0 Å². The molecule has 1 rings (SSSR count). The zero-order valence-electron chi connectivity index (χ0n) is 10.7. The molecule has 2 N–H and O–H groups in total. The van der Waals surface area contributed by atoms with Crippen LogP contribution >= 0.6 is 0 Å². The molecule has 0 aromatic rings. The molecule has 0 atom stereocenters. The Morgan fingerprint density at radius 2 is 1.94 bits per heavy atom. The van der Waals surface area contributed by atoms with Crippen molar-refractivity contribution in [2.45, 2.75) is 46.0 Å². The molecule has 1 saturated carbocycles. The Hall–Kier alpha value is -0.570. The smallest absolute Gasteiger partial charge is 0.233 e. The van der Waals surface area contributed by atoms with Gasteiger partial charge in [0, 0.05) is 6.54 Å². The van der Waals surface area contributed by atoms with E-state index in [0.717, 1.165) is 31.3 Å². The van der Waals surface area contributed by atoms with Gasteiger partial charge < -0.3 is 10.6 Å². The van der Waals surface area contributed by atoms with Crippen LogP contribution in [-0.2, 0) is 4.79 Å². The highest BCUT2D eigenvalue weighted by Crippen LogP contribution is 2.29. The summed E-state index contributed by atoms with van der Waals surface area (Å²) in [6.45, 7) is 6.51. The molecule has 1 fully saturated rings. The minimum absolute atomic E-state index is 0.131. The number of nitrogens with one attached hydrogen (secondary N) is 2. The predicted molar refractivity (Wildman–Crippen MR) is 67.3 cm³/mol. The lowest BCUT2D eigenvalue weighted by Gasteiger charge is -2.26. The maximum Gasteiger partial charge on any atom is 0.233 e. The fraction of sp³-hybridized carbons (Fsp3) is 0.923. The first-order chi connectivity index (χ1) is 7.72. The summed E-state index contributed by atoms with van der Waals surface area (Å²) in [6.07, 6.45) is 6.60. The van der Waals surface area contributed by atoms with E-state index in [1.807, 2.05) is 6.92 Å². The monoisotopic (exact) mass is 226 g/mol. The number of rotatable bonds is 6. The highest BCUT2D eigenvalue weighted by atomic mass is 16.1. The highest BCUT2D eigenvalue weighted by Gasteiger charge is 2.17. The molecule has 0 aromatic carbocycles. The third-order valence-corrected chi connectivity index (χ3v) is 3.55. The van der Waals surface area contributed by atoms with Crippen LogP contribution in [0.3, 0.4) is 0 Å².